The number of aromatic hydroxyl groups is 1. The minimum atomic E-state index is -5.15. The zero-order valence-corrected chi connectivity index (χ0v) is 31.1. The fourth-order valence-electron chi connectivity index (χ4n) is 5.21. The van der Waals surface area contributed by atoms with Crippen molar-refractivity contribution >= 4 is 87.1 Å². The summed E-state index contributed by atoms with van der Waals surface area (Å²) < 4.78 is 101. The van der Waals surface area contributed by atoms with Crippen LogP contribution < -0.4 is 10.6 Å². The first-order valence-corrected chi connectivity index (χ1v) is 20.3. The first-order chi connectivity index (χ1) is 26.9. The molecule has 0 heterocycles. The van der Waals surface area contributed by atoms with Crippen LogP contribution in [0.1, 0.15) is 20.7 Å². The molecular weight excluding hydrogens is 805 g/mol. The number of fused-ring (bicyclic) bond motifs is 1. The van der Waals surface area contributed by atoms with E-state index in [-0.39, 0.29) is 32.8 Å². The number of azo groups is 2. The van der Waals surface area contributed by atoms with E-state index in [4.69, 9.17) is 4.55 Å². The SMILES string of the molecule is O=C(Nc1ccc(N=Nc2ccc(S(=O)(=O)O)cc2)cc1)c1ccc(N=Nc2c(S(=O)(=O)O)cc(O)c3c(NC(=O)c4ccccc4)cc(S(=O)(=O)O)cc23)cc1. The zero-order valence-electron chi connectivity index (χ0n) is 28.6. The molecule has 57 heavy (non-hydrogen) atoms. The van der Waals surface area contributed by atoms with Crippen molar-refractivity contribution < 1.29 is 53.6 Å². The highest BCUT2D eigenvalue weighted by Gasteiger charge is 2.26. The molecule has 21 heteroatoms. The van der Waals surface area contributed by atoms with Crippen LogP contribution in [0.25, 0.3) is 10.8 Å². The van der Waals surface area contributed by atoms with Gasteiger partial charge in [0.15, 0.2) is 0 Å². The van der Waals surface area contributed by atoms with Crippen LogP contribution in [0.15, 0.2) is 156 Å². The van der Waals surface area contributed by atoms with Crippen molar-refractivity contribution in [3.63, 3.8) is 0 Å². The van der Waals surface area contributed by atoms with Crippen LogP contribution in [-0.4, -0.2) is 55.8 Å². The van der Waals surface area contributed by atoms with E-state index < -0.39 is 68.8 Å². The second-order valence-corrected chi connectivity index (χ2v) is 16.1. The van der Waals surface area contributed by atoms with Crippen molar-refractivity contribution in [2.75, 3.05) is 10.6 Å². The van der Waals surface area contributed by atoms with Gasteiger partial charge in [0.05, 0.1) is 32.5 Å². The number of nitrogens with one attached hydrogen (secondary N) is 2. The minimum Gasteiger partial charge on any atom is -0.507 e. The quantitative estimate of drug-likeness (QED) is 0.0543. The number of hydrogen-bond acceptors (Lipinski definition) is 13. The standard InChI is InChI=1S/C36H26N6O12S3/c43-31-20-32(57(52,53)54)34(29-18-28(56(49,50)51)19-30(33(29)31)38-36(45)21-4-2-1-3-5-21)42-41-24-8-6-22(7-9-24)35(44)37-23-10-12-25(13-11-23)39-40-26-14-16-27(17-15-26)55(46,47)48/h1-20,43H,(H,37,44)(H,38,45)(H,46,47,48)(H,49,50,51)(H,52,53,54). The van der Waals surface area contributed by atoms with Crippen LogP contribution in [0.3, 0.4) is 0 Å². The van der Waals surface area contributed by atoms with Crippen LogP contribution in [0, 0.1) is 0 Å². The van der Waals surface area contributed by atoms with Crippen molar-refractivity contribution in [2.45, 2.75) is 14.7 Å². The summed E-state index contributed by atoms with van der Waals surface area (Å²) in [5.41, 5.74) is 0.456. The summed E-state index contributed by atoms with van der Waals surface area (Å²) in [4.78, 5) is 23.9. The van der Waals surface area contributed by atoms with E-state index in [0.29, 0.717) is 23.1 Å². The molecule has 290 valence electrons. The van der Waals surface area contributed by atoms with Crippen molar-refractivity contribution in [1.29, 1.82) is 0 Å². The highest BCUT2D eigenvalue weighted by Crippen LogP contribution is 2.44. The first-order valence-electron chi connectivity index (χ1n) is 15.9. The lowest BCUT2D eigenvalue weighted by Crippen LogP contribution is -2.13. The third-order valence-electron chi connectivity index (χ3n) is 7.92. The molecule has 2 amide bonds. The molecule has 6 aromatic carbocycles. The Morgan fingerprint density at radius 3 is 1.54 bits per heavy atom. The van der Waals surface area contributed by atoms with Gasteiger partial charge in [-0.25, -0.2) is 0 Å². The Hall–Kier alpha value is -6.75. The second kappa shape index (κ2) is 15.8. The molecule has 0 saturated heterocycles. The lowest BCUT2D eigenvalue weighted by molar-refractivity contribution is 0.101. The van der Waals surface area contributed by atoms with E-state index in [1.165, 1.54) is 60.7 Å². The molecule has 0 aliphatic heterocycles. The number of amides is 2. The Bertz CT molecular complexity index is 2940. The Morgan fingerprint density at radius 1 is 0.509 bits per heavy atom. The third-order valence-corrected chi connectivity index (χ3v) is 10.5. The molecule has 0 aliphatic rings. The Morgan fingerprint density at radius 2 is 1.00 bits per heavy atom. The Balaban J connectivity index is 1.25. The molecule has 0 unspecified atom stereocenters. The number of carbonyl (C=O) groups is 2. The topological polar surface area (TPSA) is 291 Å². The van der Waals surface area contributed by atoms with E-state index >= 15 is 0 Å². The lowest BCUT2D eigenvalue weighted by atomic mass is 10.0. The normalized spacial score (nSPS) is 12.3. The largest absolute Gasteiger partial charge is 0.507 e. The fourth-order valence-corrected chi connectivity index (χ4v) is 6.88. The predicted octanol–water partition coefficient (Wildman–Crippen LogP) is 7.62. The maximum Gasteiger partial charge on any atom is 0.296 e. The van der Waals surface area contributed by atoms with Crippen LogP contribution >= 0.6 is 0 Å². The molecule has 0 aliphatic carbocycles. The van der Waals surface area contributed by atoms with Crippen molar-refractivity contribution in [2.24, 2.45) is 20.5 Å². The summed E-state index contributed by atoms with van der Waals surface area (Å²) in [7, 11) is -14.5. The molecule has 0 spiro atoms. The minimum absolute atomic E-state index is 0.0555. The van der Waals surface area contributed by atoms with Gasteiger partial charge in [-0.1, -0.05) is 18.2 Å². The van der Waals surface area contributed by atoms with E-state index in [2.05, 4.69) is 31.1 Å². The molecule has 18 nitrogen and oxygen atoms in total. The third kappa shape index (κ3) is 9.56. The highest BCUT2D eigenvalue weighted by molar-refractivity contribution is 7.86. The molecule has 6 aromatic rings. The monoisotopic (exact) mass is 830 g/mol. The van der Waals surface area contributed by atoms with Crippen LogP contribution in [0.2, 0.25) is 0 Å². The average Bonchev–Trinajstić information content (AvgIpc) is 3.16. The molecule has 0 bridgehead atoms. The van der Waals surface area contributed by atoms with E-state index in [9.17, 15) is 49.1 Å². The molecule has 6 N–H and O–H groups in total. The molecule has 6 rings (SSSR count). The number of phenols is 1. The first kappa shape index (κ1) is 39.9. The number of phenolic OH excluding ortho intramolecular Hbond substituents is 1. The van der Waals surface area contributed by atoms with E-state index in [0.717, 1.165) is 12.1 Å². The van der Waals surface area contributed by atoms with Crippen molar-refractivity contribution in [3.8, 4) is 5.75 Å². The summed E-state index contributed by atoms with van der Waals surface area (Å²) in [6, 6.07) is 26.6. The van der Waals surface area contributed by atoms with Gasteiger partial charge in [0.2, 0.25) is 0 Å². The van der Waals surface area contributed by atoms with E-state index in [1.807, 2.05) is 0 Å². The number of anilines is 2. The van der Waals surface area contributed by atoms with Gasteiger partial charge in [0, 0.05) is 33.7 Å². The molecule has 0 aromatic heterocycles. The highest BCUT2D eigenvalue weighted by atomic mass is 32.2. The van der Waals surface area contributed by atoms with Gasteiger partial charge in [-0.15, -0.1) is 5.11 Å². The van der Waals surface area contributed by atoms with Gasteiger partial charge >= 0.3 is 0 Å². The Labute approximate surface area is 323 Å². The summed E-state index contributed by atoms with van der Waals surface area (Å²) in [6.45, 7) is 0. The summed E-state index contributed by atoms with van der Waals surface area (Å²) in [5, 5.41) is 31.3. The molecule has 0 fully saturated rings. The van der Waals surface area contributed by atoms with Crippen molar-refractivity contribution in [1.82, 2.24) is 0 Å². The van der Waals surface area contributed by atoms with Gasteiger partial charge in [0.25, 0.3) is 42.2 Å². The smallest absolute Gasteiger partial charge is 0.296 e. The van der Waals surface area contributed by atoms with Gasteiger partial charge in [0.1, 0.15) is 16.3 Å². The van der Waals surface area contributed by atoms with Gasteiger partial charge in [-0.3, -0.25) is 23.2 Å². The van der Waals surface area contributed by atoms with Gasteiger partial charge < -0.3 is 15.7 Å². The lowest BCUT2D eigenvalue weighted by Gasteiger charge is -2.15. The number of rotatable bonds is 11. The molecule has 0 atom stereocenters. The summed E-state index contributed by atoms with van der Waals surface area (Å²) in [5.74, 6) is -2.09. The van der Waals surface area contributed by atoms with Gasteiger partial charge in [-0.2, -0.15) is 40.6 Å². The van der Waals surface area contributed by atoms with Crippen LogP contribution in [-0.2, 0) is 30.4 Å². The molecule has 0 radical (unpaired) electrons. The molecular formula is C36H26N6O12S3. The summed E-state index contributed by atoms with van der Waals surface area (Å²) in [6.07, 6.45) is 0. The number of carbonyl (C=O) groups excluding carboxylic acids is 2. The zero-order chi connectivity index (χ0) is 41.1. The maximum atomic E-state index is 13.0. The molecule has 0 saturated carbocycles. The van der Waals surface area contributed by atoms with Crippen LogP contribution in [0.5, 0.6) is 5.75 Å². The Kier molecular flexibility index (Phi) is 11.1. The van der Waals surface area contributed by atoms with Crippen LogP contribution in [0.4, 0.5) is 34.1 Å². The van der Waals surface area contributed by atoms with E-state index in [1.54, 1.807) is 42.5 Å². The predicted molar refractivity (Wildman–Crippen MR) is 205 cm³/mol. The second-order valence-electron chi connectivity index (χ2n) is 11.8. The summed E-state index contributed by atoms with van der Waals surface area (Å²) >= 11 is 0. The number of hydrogen-bond donors (Lipinski definition) is 6. The van der Waals surface area contributed by atoms with Crippen molar-refractivity contribution in [3.05, 3.63) is 132 Å². The number of benzene rings is 6. The average molecular weight is 831 g/mol. The fraction of sp³-hybridized carbons (Fsp3) is 0. The van der Waals surface area contributed by atoms with Gasteiger partial charge in [-0.05, 0) is 97.1 Å². The maximum absolute atomic E-state index is 13.0. The number of nitrogens with zero attached hydrogens (tertiary/aromatic N) is 4.